The topological polar surface area (TPSA) is 41.1 Å². The van der Waals surface area contributed by atoms with Gasteiger partial charge in [0.15, 0.2) is 0 Å². The molecule has 0 atom stereocenters. The zero-order valence-electron chi connectivity index (χ0n) is 9.92. The number of amides is 1. The fraction of sp³-hybridized carbons (Fsp3) is 0.462. The Morgan fingerprint density at radius 1 is 1.35 bits per heavy atom. The quantitative estimate of drug-likeness (QED) is 0.897. The summed E-state index contributed by atoms with van der Waals surface area (Å²) in [6.45, 7) is 2.55. The molecule has 0 saturated heterocycles. The molecule has 0 aliphatic heterocycles. The predicted octanol–water partition coefficient (Wildman–Crippen LogP) is 2.92. The van der Waals surface area contributed by atoms with E-state index in [2.05, 4.69) is 33.5 Å². The summed E-state index contributed by atoms with van der Waals surface area (Å²) in [5.41, 5.74) is 1.01. The van der Waals surface area contributed by atoms with Gasteiger partial charge in [-0.2, -0.15) is 0 Å². The highest BCUT2D eigenvalue weighted by molar-refractivity contribution is 9.10. The first-order valence-corrected chi connectivity index (χ1v) is 6.67. The normalized spacial score (nSPS) is 17.3. The van der Waals surface area contributed by atoms with Crippen LogP contribution in [0.5, 0.6) is 0 Å². The summed E-state index contributed by atoms with van der Waals surface area (Å²) in [5.74, 6) is 0.0143. The van der Waals surface area contributed by atoms with Gasteiger partial charge >= 0.3 is 0 Å². The number of hydrogen-bond acceptors (Lipinski definition) is 2. The van der Waals surface area contributed by atoms with Crippen molar-refractivity contribution < 1.29 is 4.79 Å². The molecule has 17 heavy (non-hydrogen) atoms. The van der Waals surface area contributed by atoms with Crippen molar-refractivity contribution in [1.29, 1.82) is 0 Å². The zero-order chi connectivity index (χ0) is 12.3. The monoisotopic (exact) mass is 296 g/mol. The van der Waals surface area contributed by atoms with Crippen molar-refractivity contribution in [3.8, 4) is 0 Å². The molecule has 92 valence electrons. The molecule has 1 aromatic rings. The van der Waals surface area contributed by atoms with E-state index in [1.54, 1.807) is 0 Å². The molecule has 4 heteroatoms. The molecular formula is C13H17BrN2O. The molecule has 0 bridgehead atoms. The molecule has 3 nitrogen and oxygen atoms in total. The van der Waals surface area contributed by atoms with Gasteiger partial charge in [-0.15, -0.1) is 0 Å². The van der Waals surface area contributed by atoms with Crippen LogP contribution in [0.15, 0.2) is 28.7 Å². The Hall–Kier alpha value is -0.870. The number of anilines is 1. The Morgan fingerprint density at radius 3 is 2.53 bits per heavy atom. The smallest absolute Gasteiger partial charge is 0.238 e. The zero-order valence-corrected chi connectivity index (χ0v) is 11.5. The standard InChI is InChI=1S/C13H17BrN2O/c1-13(7-2-8-13)15-9-12(17)16-11-5-3-10(14)4-6-11/h3-6,15H,2,7-9H2,1H3,(H,16,17). The summed E-state index contributed by atoms with van der Waals surface area (Å²) < 4.78 is 1.01. The van der Waals surface area contributed by atoms with Gasteiger partial charge in [-0.05, 0) is 50.5 Å². The lowest BCUT2D eigenvalue weighted by atomic mass is 9.78. The molecule has 0 heterocycles. The second kappa shape index (κ2) is 5.19. The third kappa shape index (κ3) is 3.54. The van der Waals surface area contributed by atoms with E-state index < -0.39 is 0 Å². The second-order valence-corrected chi connectivity index (χ2v) is 5.74. The molecule has 0 spiro atoms. The average Bonchev–Trinajstić information content (AvgIpc) is 2.27. The van der Waals surface area contributed by atoms with Crippen molar-refractivity contribution in [1.82, 2.24) is 5.32 Å². The van der Waals surface area contributed by atoms with Crippen molar-refractivity contribution in [3.63, 3.8) is 0 Å². The van der Waals surface area contributed by atoms with E-state index in [9.17, 15) is 4.79 Å². The molecule has 1 saturated carbocycles. The largest absolute Gasteiger partial charge is 0.325 e. The van der Waals surface area contributed by atoms with Crippen LogP contribution in [0.4, 0.5) is 5.69 Å². The van der Waals surface area contributed by atoms with Gasteiger partial charge in [-0.25, -0.2) is 0 Å². The molecular weight excluding hydrogens is 280 g/mol. The van der Waals surface area contributed by atoms with Crippen LogP contribution in [-0.2, 0) is 4.79 Å². The van der Waals surface area contributed by atoms with Crippen LogP contribution in [0.2, 0.25) is 0 Å². The second-order valence-electron chi connectivity index (χ2n) is 4.82. The number of nitrogens with one attached hydrogen (secondary N) is 2. The third-order valence-electron chi connectivity index (χ3n) is 3.26. The van der Waals surface area contributed by atoms with E-state index in [0.29, 0.717) is 6.54 Å². The van der Waals surface area contributed by atoms with Gasteiger partial charge in [-0.3, -0.25) is 4.79 Å². The maximum absolute atomic E-state index is 11.7. The van der Waals surface area contributed by atoms with Crippen LogP contribution in [0.1, 0.15) is 26.2 Å². The minimum Gasteiger partial charge on any atom is -0.325 e. The Kier molecular flexibility index (Phi) is 3.84. The number of hydrogen-bond donors (Lipinski definition) is 2. The third-order valence-corrected chi connectivity index (χ3v) is 3.79. The lowest BCUT2D eigenvalue weighted by Crippen LogP contribution is -2.50. The maximum atomic E-state index is 11.7. The Morgan fingerprint density at radius 2 is 2.00 bits per heavy atom. The van der Waals surface area contributed by atoms with E-state index >= 15 is 0 Å². The van der Waals surface area contributed by atoms with E-state index in [0.717, 1.165) is 10.2 Å². The fourth-order valence-electron chi connectivity index (χ4n) is 1.92. The van der Waals surface area contributed by atoms with Crippen LogP contribution < -0.4 is 10.6 Å². The number of rotatable bonds is 4. The van der Waals surface area contributed by atoms with E-state index in [1.807, 2.05) is 24.3 Å². The Bertz CT molecular complexity index is 398. The van der Waals surface area contributed by atoms with Crippen LogP contribution in [0.3, 0.4) is 0 Å². The summed E-state index contributed by atoms with van der Waals surface area (Å²) >= 11 is 3.36. The van der Waals surface area contributed by atoms with Gasteiger partial charge in [0.05, 0.1) is 6.54 Å². The highest BCUT2D eigenvalue weighted by Crippen LogP contribution is 2.30. The highest BCUT2D eigenvalue weighted by Gasteiger charge is 2.31. The SMILES string of the molecule is CC1(NCC(=O)Nc2ccc(Br)cc2)CCC1. The van der Waals surface area contributed by atoms with Gasteiger partial charge < -0.3 is 10.6 Å². The van der Waals surface area contributed by atoms with Gasteiger partial charge in [0.2, 0.25) is 5.91 Å². The number of halogens is 1. The molecule has 1 aliphatic carbocycles. The summed E-state index contributed by atoms with van der Waals surface area (Å²) in [4.78, 5) is 11.7. The van der Waals surface area contributed by atoms with Crippen molar-refractivity contribution >= 4 is 27.5 Å². The lowest BCUT2D eigenvalue weighted by molar-refractivity contribution is -0.115. The summed E-state index contributed by atoms with van der Waals surface area (Å²) in [5, 5.41) is 6.17. The van der Waals surface area contributed by atoms with E-state index in [1.165, 1.54) is 19.3 Å². The summed E-state index contributed by atoms with van der Waals surface area (Å²) in [6.07, 6.45) is 3.59. The molecule has 1 aliphatic rings. The highest BCUT2D eigenvalue weighted by atomic mass is 79.9. The average molecular weight is 297 g/mol. The maximum Gasteiger partial charge on any atom is 0.238 e. The molecule has 2 rings (SSSR count). The molecule has 1 fully saturated rings. The van der Waals surface area contributed by atoms with Gasteiger partial charge in [0.1, 0.15) is 0 Å². The van der Waals surface area contributed by atoms with Gasteiger partial charge in [-0.1, -0.05) is 15.9 Å². The minimum atomic E-state index is 0.0143. The lowest BCUT2D eigenvalue weighted by Gasteiger charge is -2.39. The number of carbonyl (C=O) groups is 1. The molecule has 1 aromatic carbocycles. The molecule has 2 N–H and O–H groups in total. The first-order chi connectivity index (χ1) is 8.07. The van der Waals surface area contributed by atoms with E-state index in [4.69, 9.17) is 0 Å². The van der Waals surface area contributed by atoms with Crippen molar-refractivity contribution in [3.05, 3.63) is 28.7 Å². The number of benzene rings is 1. The predicted molar refractivity (Wildman–Crippen MR) is 73.0 cm³/mol. The first kappa shape index (κ1) is 12.6. The Labute approximate surface area is 110 Å². The molecule has 1 amide bonds. The summed E-state index contributed by atoms with van der Waals surface area (Å²) in [7, 11) is 0. The minimum absolute atomic E-state index is 0.0143. The first-order valence-electron chi connectivity index (χ1n) is 5.88. The number of carbonyl (C=O) groups excluding carboxylic acids is 1. The fourth-order valence-corrected chi connectivity index (χ4v) is 2.18. The van der Waals surface area contributed by atoms with E-state index in [-0.39, 0.29) is 11.4 Å². The van der Waals surface area contributed by atoms with Crippen molar-refractivity contribution in [2.24, 2.45) is 0 Å². The molecule has 0 radical (unpaired) electrons. The molecule has 0 aromatic heterocycles. The van der Waals surface area contributed by atoms with Crippen LogP contribution >= 0.6 is 15.9 Å². The van der Waals surface area contributed by atoms with Gasteiger partial charge in [0.25, 0.3) is 0 Å². The van der Waals surface area contributed by atoms with Crippen molar-refractivity contribution in [2.75, 3.05) is 11.9 Å². The van der Waals surface area contributed by atoms with Crippen molar-refractivity contribution in [2.45, 2.75) is 31.7 Å². The van der Waals surface area contributed by atoms with Crippen LogP contribution in [-0.4, -0.2) is 18.0 Å². The van der Waals surface area contributed by atoms with Crippen LogP contribution in [0.25, 0.3) is 0 Å². The summed E-state index contributed by atoms with van der Waals surface area (Å²) in [6, 6.07) is 7.59. The molecule has 0 unspecified atom stereocenters. The Balaban J connectivity index is 1.79. The van der Waals surface area contributed by atoms with Gasteiger partial charge in [0, 0.05) is 15.7 Å². The van der Waals surface area contributed by atoms with Crippen LogP contribution in [0, 0.1) is 0 Å².